The first-order valence-corrected chi connectivity index (χ1v) is 6.23. The standard InChI is InChI=1S/C11H13FN2OS/c12-9-3-1-8(2-4-9)10-7-16-6-5-14(10)11(13)15/h1-4,10H,5-7H2,(H2,13,15). The van der Waals surface area contributed by atoms with Crippen LogP contribution in [0.4, 0.5) is 9.18 Å². The molecule has 1 fully saturated rings. The van der Waals surface area contributed by atoms with Crippen LogP contribution in [0.3, 0.4) is 0 Å². The molecule has 16 heavy (non-hydrogen) atoms. The van der Waals surface area contributed by atoms with E-state index < -0.39 is 6.03 Å². The SMILES string of the molecule is NC(=O)N1CCSCC1c1ccc(F)cc1. The highest BCUT2D eigenvalue weighted by atomic mass is 32.2. The first-order valence-electron chi connectivity index (χ1n) is 5.08. The van der Waals surface area contributed by atoms with Gasteiger partial charge in [0.1, 0.15) is 5.82 Å². The van der Waals surface area contributed by atoms with Crippen LogP contribution in [0, 0.1) is 5.82 Å². The number of carbonyl (C=O) groups is 1. The number of carbonyl (C=O) groups excluding carboxylic acids is 1. The van der Waals surface area contributed by atoms with Crippen LogP contribution in [0.15, 0.2) is 24.3 Å². The van der Waals surface area contributed by atoms with E-state index in [4.69, 9.17) is 5.73 Å². The third-order valence-corrected chi connectivity index (χ3v) is 3.69. The zero-order chi connectivity index (χ0) is 11.5. The molecule has 0 spiro atoms. The van der Waals surface area contributed by atoms with Crippen LogP contribution in [-0.4, -0.2) is 29.0 Å². The number of hydrogen-bond donors (Lipinski definition) is 1. The van der Waals surface area contributed by atoms with Crippen LogP contribution < -0.4 is 5.73 Å². The highest BCUT2D eigenvalue weighted by molar-refractivity contribution is 7.99. The second-order valence-electron chi connectivity index (χ2n) is 3.67. The van der Waals surface area contributed by atoms with Crippen LogP contribution in [0.2, 0.25) is 0 Å². The fourth-order valence-electron chi connectivity index (χ4n) is 1.83. The molecule has 1 unspecified atom stereocenters. The van der Waals surface area contributed by atoms with Crippen molar-refractivity contribution in [3.8, 4) is 0 Å². The molecule has 1 atom stereocenters. The number of urea groups is 1. The third-order valence-electron chi connectivity index (χ3n) is 2.67. The summed E-state index contributed by atoms with van der Waals surface area (Å²) in [6.07, 6.45) is 0. The summed E-state index contributed by atoms with van der Waals surface area (Å²) in [4.78, 5) is 12.9. The highest BCUT2D eigenvalue weighted by Gasteiger charge is 2.26. The summed E-state index contributed by atoms with van der Waals surface area (Å²) in [5.74, 6) is 1.45. The van der Waals surface area contributed by atoms with Crippen LogP contribution in [0.5, 0.6) is 0 Å². The number of amides is 2. The Morgan fingerprint density at radius 3 is 2.75 bits per heavy atom. The average molecular weight is 240 g/mol. The normalized spacial score (nSPS) is 20.8. The quantitative estimate of drug-likeness (QED) is 0.816. The lowest BCUT2D eigenvalue weighted by molar-refractivity contribution is 0.192. The van der Waals surface area contributed by atoms with Crippen molar-refractivity contribution in [1.29, 1.82) is 0 Å². The van der Waals surface area contributed by atoms with Crippen molar-refractivity contribution in [3.63, 3.8) is 0 Å². The van der Waals surface area contributed by atoms with Gasteiger partial charge < -0.3 is 10.6 Å². The van der Waals surface area contributed by atoms with E-state index >= 15 is 0 Å². The minimum Gasteiger partial charge on any atom is -0.351 e. The number of thioether (sulfide) groups is 1. The van der Waals surface area contributed by atoms with Gasteiger partial charge >= 0.3 is 6.03 Å². The molecule has 1 aliphatic heterocycles. The molecule has 0 aromatic heterocycles. The van der Waals surface area contributed by atoms with E-state index in [0.717, 1.165) is 17.1 Å². The zero-order valence-electron chi connectivity index (χ0n) is 8.73. The maximum Gasteiger partial charge on any atom is 0.315 e. The van der Waals surface area contributed by atoms with E-state index in [1.807, 2.05) is 0 Å². The smallest absolute Gasteiger partial charge is 0.315 e. The van der Waals surface area contributed by atoms with Gasteiger partial charge in [0.15, 0.2) is 0 Å². The number of halogens is 1. The van der Waals surface area contributed by atoms with E-state index in [2.05, 4.69) is 0 Å². The van der Waals surface area contributed by atoms with Gasteiger partial charge in [-0.25, -0.2) is 9.18 Å². The summed E-state index contributed by atoms with van der Waals surface area (Å²) in [6, 6.07) is 5.80. The molecule has 1 heterocycles. The van der Waals surface area contributed by atoms with Gasteiger partial charge in [0.25, 0.3) is 0 Å². The van der Waals surface area contributed by atoms with Gasteiger partial charge in [-0.1, -0.05) is 12.1 Å². The second kappa shape index (κ2) is 4.74. The Morgan fingerprint density at radius 2 is 2.12 bits per heavy atom. The molecule has 0 bridgehead atoms. The van der Waals surface area contributed by atoms with Gasteiger partial charge in [0.05, 0.1) is 6.04 Å². The Bertz CT molecular complexity index is 382. The molecule has 0 aliphatic carbocycles. The third kappa shape index (κ3) is 2.29. The topological polar surface area (TPSA) is 46.3 Å². The minimum atomic E-state index is -0.408. The van der Waals surface area contributed by atoms with Crippen LogP contribution >= 0.6 is 11.8 Å². The molecule has 2 rings (SSSR count). The van der Waals surface area contributed by atoms with Crippen molar-refractivity contribution in [1.82, 2.24) is 4.90 Å². The minimum absolute atomic E-state index is 0.0307. The zero-order valence-corrected chi connectivity index (χ0v) is 9.54. The number of benzene rings is 1. The summed E-state index contributed by atoms with van der Waals surface area (Å²) in [5.41, 5.74) is 6.27. The number of hydrogen-bond acceptors (Lipinski definition) is 2. The molecule has 1 aromatic carbocycles. The Kier molecular flexibility index (Phi) is 3.33. The van der Waals surface area contributed by atoms with Gasteiger partial charge in [-0.3, -0.25) is 0 Å². The van der Waals surface area contributed by atoms with Crippen molar-refractivity contribution in [3.05, 3.63) is 35.6 Å². The summed E-state index contributed by atoms with van der Waals surface area (Å²) in [7, 11) is 0. The van der Waals surface area contributed by atoms with Gasteiger partial charge in [0.2, 0.25) is 0 Å². The predicted octanol–water partition coefficient (Wildman–Crippen LogP) is 1.99. The van der Waals surface area contributed by atoms with E-state index in [0.29, 0.717) is 6.54 Å². The Labute approximate surface area is 97.8 Å². The second-order valence-corrected chi connectivity index (χ2v) is 4.82. The first kappa shape index (κ1) is 11.3. The fraction of sp³-hybridized carbons (Fsp3) is 0.364. The molecule has 0 saturated carbocycles. The number of primary amides is 1. The highest BCUT2D eigenvalue weighted by Crippen LogP contribution is 2.29. The molecule has 1 saturated heterocycles. The molecular formula is C11H13FN2OS. The van der Waals surface area contributed by atoms with Crippen molar-refractivity contribution >= 4 is 17.8 Å². The van der Waals surface area contributed by atoms with Crippen LogP contribution in [0.1, 0.15) is 11.6 Å². The molecule has 1 aliphatic rings. The lowest BCUT2D eigenvalue weighted by Crippen LogP contribution is -2.43. The Morgan fingerprint density at radius 1 is 1.44 bits per heavy atom. The predicted molar refractivity (Wildman–Crippen MR) is 62.8 cm³/mol. The first-order chi connectivity index (χ1) is 7.68. The maximum absolute atomic E-state index is 12.8. The molecule has 1 aromatic rings. The molecule has 0 radical (unpaired) electrons. The van der Waals surface area contributed by atoms with Gasteiger partial charge in [-0.05, 0) is 17.7 Å². The molecule has 2 N–H and O–H groups in total. The molecule has 3 nitrogen and oxygen atoms in total. The number of nitrogens with zero attached hydrogens (tertiary/aromatic N) is 1. The molecular weight excluding hydrogens is 227 g/mol. The van der Waals surface area contributed by atoms with E-state index in [9.17, 15) is 9.18 Å². The fourth-order valence-corrected chi connectivity index (χ4v) is 2.92. The number of rotatable bonds is 1. The van der Waals surface area contributed by atoms with E-state index in [-0.39, 0.29) is 11.9 Å². The van der Waals surface area contributed by atoms with Crippen molar-refractivity contribution < 1.29 is 9.18 Å². The summed E-state index contributed by atoms with van der Waals surface area (Å²) >= 11 is 1.78. The number of nitrogens with two attached hydrogens (primary N) is 1. The van der Waals surface area contributed by atoms with Crippen LogP contribution in [0.25, 0.3) is 0 Å². The average Bonchev–Trinajstić information content (AvgIpc) is 2.30. The largest absolute Gasteiger partial charge is 0.351 e. The van der Waals surface area contributed by atoms with Gasteiger partial charge in [-0.15, -0.1) is 0 Å². The van der Waals surface area contributed by atoms with Gasteiger partial charge in [-0.2, -0.15) is 11.8 Å². The molecule has 86 valence electrons. The van der Waals surface area contributed by atoms with E-state index in [1.54, 1.807) is 28.8 Å². The molecule has 5 heteroatoms. The van der Waals surface area contributed by atoms with Crippen molar-refractivity contribution in [2.45, 2.75) is 6.04 Å². The van der Waals surface area contributed by atoms with E-state index in [1.165, 1.54) is 12.1 Å². The maximum atomic E-state index is 12.8. The Hall–Kier alpha value is -1.23. The van der Waals surface area contributed by atoms with Gasteiger partial charge in [0, 0.05) is 18.1 Å². The Balaban J connectivity index is 2.23. The van der Waals surface area contributed by atoms with Crippen molar-refractivity contribution in [2.24, 2.45) is 5.73 Å². The summed E-state index contributed by atoms with van der Waals surface area (Å²) in [6.45, 7) is 0.655. The van der Waals surface area contributed by atoms with Crippen LogP contribution in [-0.2, 0) is 0 Å². The lowest BCUT2D eigenvalue weighted by Gasteiger charge is -2.34. The lowest BCUT2D eigenvalue weighted by atomic mass is 10.1. The van der Waals surface area contributed by atoms with Crippen molar-refractivity contribution in [2.75, 3.05) is 18.1 Å². The molecule has 2 amide bonds. The summed E-state index contributed by atoms with van der Waals surface area (Å²) < 4.78 is 12.8. The summed E-state index contributed by atoms with van der Waals surface area (Å²) in [5, 5.41) is 0. The monoisotopic (exact) mass is 240 g/mol.